The average molecular weight is 350 g/mol. The van der Waals surface area contributed by atoms with Crippen molar-refractivity contribution in [1.82, 2.24) is 0 Å². The van der Waals surface area contributed by atoms with E-state index < -0.39 is 21.4 Å². The molecule has 7 heteroatoms. The van der Waals surface area contributed by atoms with E-state index >= 15 is 0 Å². The summed E-state index contributed by atoms with van der Waals surface area (Å²) in [5.74, 6) is -1.28. The molecular formula is C12H16BrNO4S. The molecule has 0 heterocycles. The van der Waals surface area contributed by atoms with Gasteiger partial charge in [-0.1, -0.05) is 26.8 Å². The van der Waals surface area contributed by atoms with Gasteiger partial charge in [-0.05, 0) is 33.5 Å². The van der Waals surface area contributed by atoms with Crippen molar-refractivity contribution < 1.29 is 18.3 Å². The maximum Gasteiger partial charge on any atom is 0.337 e. The highest BCUT2D eigenvalue weighted by atomic mass is 79.9. The first-order valence-corrected chi connectivity index (χ1v) is 7.99. The minimum Gasteiger partial charge on any atom is -0.478 e. The van der Waals surface area contributed by atoms with Gasteiger partial charge in [0.05, 0.1) is 17.0 Å². The third-order valence-electron chi connectivity index (χ3n) is 2.12. The van der Waals surface area contributed by atoms with Gasteiger partial charge in [0.2, 0.25) is 10.0 Å². The number of anilines is 1. The van der Waals surface area contributed by atoms with Crippen LogP contribution in [0.5, 0.6) is 0 Å². The highest BCUT2D eigenvalue weighted by Crippen LogP contribution is 2.28. The largest absolute Gasteiger partial charge is 0.478 e. The van der Waals surface area contributed by atoms with E-state index in [9.17, 15) is 13.2 Å². The van der Waals surface area contributed by atoms with Gasteiger partial charge >= 0.3 is 5.97 Å². The molecule has 0 radical (unpaired) electrons. The summed E-state index contributed by atoms with van der Waals surface area (Å²) in [5, 5.41) is 9.06. The normalized spacial score (nSPS) is 12.2. The van der Waals surface area contributed by atoms with Gasteiger partial charge in [-0.25, -0.2) is 13.2 Å². The highest BCUT2D eigenvalue weighted by molar-refractivity contribution is 9.10. The number of hydrogen-bond donors (Lipinski definition) is 2. The van der Waals surface area contributed by atoms with Crippen LogP contribution in [0.1, 0.15) is 31.1 Å². The van der Waals surface area contributed by atoms with Crippen molar-refractivity contribution in [3.05, 3.63) is 28.2 Å². The van der Waals surface area contributed by atoms with Gasteiger partial charge in [-0.3, -0.25) is 4.72 Å². The van der Waals surface area contributed by atoms with Crippen molar-refractivity contribution in [3.8, 4) is 0 Å². The molecule has 0 saturated carbocycles. The second-order valence-electron chi connectivity index (χ2n) is 5.39. The molecule has 1 aromatic rings. The highest BCUT2D eigenvalue weighted by Gasteiger charge is 2.24. The Balaban J connectivity index is 3.16. The average Bonchev–Trinajstić information content (AvgIpc) is 2.16. The number of benzene rings is 1. The number of carbonyl (C=O) groups is 1. The van der Waals surface area contributed by atoms with Crippen LogP contribution in [0.4, 0.5) is 5.69 Å². The molecule has 0 aromatic heterocycles. The fourth-order valence-electron chi connectivity index (χ4n) is 1.57. The maximum absolute atomic E-state index is 12.0. The Labute approximate surface area is 121 Å². The Kier molecular flexibility index (Phi) is 4.63. The molecule has 0 aliphatic rings. The van der Waals surface area contributed by atoms with E-state index in [2.05, 4.69) is 20.7 Å². The summed E-state index contributed by atoms with van der Waals surface area (Å²) in [4.78, 5) is 11.1. The Morgan fingerprint density at radius 2 is 1.95 bits per heavy atom. The summed E-state index contributed by atoms with van der Waals surface area (Å²) < 4.78 is 26.8. The number of para-hydroxylation sites is 1. The van der Waals surface area contributed by atoms with Gasteiger partial charge in [0, 0.05) is 4.47 Å². The second kappa shape index (κ2) is 5.50. The van der Waals surface area contributed by atoms with Crippen LogP contribution in [0, 0.1) is 5.41 Å². The van der Waals surface area contributed by atoms with Crippen molar-refractivity contribution in [2.75, 3.05) is 10.5 Å². The topological polar surface area (TPSA) is 83.5 Å². The molecule has 0 fully saturated rings. The van der Waals surface area contributed by atoms with Gasteiger partial charge < -0.3 is 5.11 Å². The molecule has 0 aliphatic carbocycles. The Morgan fingerprint density at radius 1 is 1.37 bits per heavy atom. The first-order valence-electron chi connectivity index (χ1n) is 5.54. The van der Waals surface area contributed by atoms with Crippen molar-refractivity contribution in [3.63, 3.8) is 0 Å². The molecule has 0 amide bonds. The molecule has 19 heavy (non-hydrogen) atoms. The molecule has 106 valence electrons. The van der Waals surface area contributed by atoms with Crippen LogP contribution in [0.15, 0.2) is 22.7 Å². The fourth-order valence-corrected chi connectivity index (χ4v) is 3.91. The molecule has 0 atom stereocenters. The number of carboxylic acids is 1. The lowest BCUT2D eigenvalue weighted by molar-refractivity contribution is 0.0698. The van der Waals surface area contributed by atoms with E-state index in [0.717, 1.165) is 0 Å². The monoisotopic (exact) mass is 349 g/mol. The third-order valence-corrected chi connectivity index (χ3v) is 4.55. The molecule has 0 bridgehead atoms. The van der Waals surface area contributed by atoms with Gasteiger partial charge in [0.15, 0.2) is 0 Å². The molecule has 0 saturated heterocycles. The number of carboxylic acid groups (broad SMARTS) is 1. The van der Waals surface area contributed by atoms with Gasteiger partial charge in [-0.2, -0.15) is 0 Å². The van der Waals surface area contributed by atoms with E-state index in [0.29, 0.717) is 4.47 Å². The van der Waals surface area contributed by atoms with Crippen LogP contribution >= 0.6 is 15.9 Å². The molecule has 0 spiro atoms. The lowest BCUT2D eigenvalue weighted by Crippen LogP contribution is -2.27. The molecule has 1 rings (SSSR count). The van der Waals surface area contributed by atoms with Crippen molar-refractivity contribution in [2.24, 2.45) is 5.41 Å². The SMILES string of the molecule is CC(C)(C)CS(=O)(=O)Nc1c(Br)cccc1C(=O)O. The predicted octanol–water partition coefficient (Wildman–Crippen LogP) is 2.94. The van der Waals surface area contributed by atoms with Crippen molar-refractivity contribution >= 4 is 37.6 Å². The molecule has 5 nitrogen and oxygen atoms in total. The van der Waals surface area contributed by atoms with Crippen LogP contribution < -0.4 is 4.72 Å². The van der Waals surface area contributed by atoms with E-state index in [4.69, 9.17) is 5.11 Å². The molecular weight excluding hydrogens is 334 g/mol. The molecule has 0 unspecified atom stereocenters. The zero-order valence-corrected chi connectivity index (χ0v) is 13.3. The summed E-state index contributed by atoms with van der Waals surface area (Å²) >= 11 is 3.16. The lowest BCUT2D eigenvalue weighted by Gasteiger charge is -2.19. The number of hydrogen-bond acceptors (Lipinski definition) is 3. The van der Waals surface area contributed by atoms with Crippen LogP contribution in [0.25, 0.3) is 0 Å². The predicted molar refractivity (Wildman–Crippen MR) is 78.0 cm³/mol. The molecule has 0 aliphatic heterocycles. The Hall–Kier alpha value is -1.08. The quantitative estimate of drug-likeness (QED) is 0.875. The summed E-state index contributed by atoms with van der Waals surface area (Å²) in [7, 11) is -3.61. The minimum atomic E-state index is -3.61. The summed E-state index contributed by atoms with van der Waals surface area (Å²) in [5.41, 5.74) is -0.456. The Bertz CT molecular complexity index is 590. The fraction of sp³-hybridized carbons (Fsp3) is 0.417. The third kappa shape index (κ3) is 4.83. The van der Waals surface area contributed by atoms with Gasteiger partial charge in [0.1, 0.15) is 0 Å². The first-order chi connectivity index (χ1) is 8.52. The molecule has 1 aromatic carbocycles. The van der Waals surface area contributed by atoms with E-state index in [1.165, 1.54) is 12.1 Å². The number of sulfonamides is 1. The summed E-state index contributed by atoms with van der Waals surface area (Å²) in [6.07, 6.45) is 0. The van der Waals surface area contributed by atoms with Crippen LogP contribution in [-0.4, -0.2) is 25.2 Å². The van der Waals surface area contributed by atoms with Crippen LogP contribution in [-0.2, 0) is 10.0 Å². The zero-order valence-electron chi connectivity index (χ0n) is 10.9. The van der Waals surface area contributed by atoms with Crippen molar-refractivity contribution in [2.45, 2.75) is 20.8 Å². The second-order valence-corrected chi connectivity index (χ2v) is 7.97. The minimum absolute atomic E-state index is 0.0549. The first kappa shape index (κ1) is 16.0. The zero-order chi connectivity index (χ0) is 14.8. The van der Waals surface area contributed by atoms with Crippen molar-refractivity contribution in [1.29, 1.82) is 0 Å². The number of nitrogens with one attached hydrogen (secondary N) is 1. The lowest BCUT2D eigenvalue weighted by atomic mass is 10.0. The summed E-state index contributed by atoms with van der Waals surface area (Å²) in [6.45, 7) is 5.39. The van der Waals surface area contributed by atoms with Crippen LogP contribution in [0.2, 0.25) is 0 Å². The van der Waals surface area contributed by atoms with Gasteiger partial charge in [-0.15, -0.1) is 0 Å². The summed E-state index contributed by atoms with van der Waals surface area (Å²) in [6, 6.07) is 4.47. The Morgan fingerprint density at radius 3 is 2.42 bits per heavy atom. The van der Waals surface area contributed by atoms with E-state index in [1.807, 2.05) is 0 Å². The van der Waals surface area contributed by atoms with E-state index in [1.54, 1.807) is 26.8 Å². The van der Waals surface area contributed by atoms with Gasteiger partial charge in [0.25, 0.3) is 0 Å². The maximum atomic E-state index is 12.0. The van der Waals surface area contributed by atoms with E-state index in [-0.39, 0.29) is 17.0 Å². The number of halogens is 1. The number of aromatic carboxylic acids is 1. The smallest absolute Gasteiger partial charge is 0.337 e. The molecule has 2 N–H and O–H groups in total. The number of rotatable bonds is 4. The standard InChI is InChI=1S/C12H16BrNO4S/c1-12(2,3)7-19(17,18)14-10-8(11(15)16)5-4-6-9(10)13/h4-6,14H,7H2,1-3H3,(H,15,16). The van der Waals surface area contributed by atoms with Crippen LogP contribution in [0.3, 0.4) is 0 Å².